The number of aromatic nitrogens is 2. The Kier molecular flexibility index (Phi) is 6.32. The molecule has 1 aliphatic rings. The normalized spacial score (nSPS) is 14.2. The molecule has 32 heavy (non-hydrogen) atoms. The second-order valence-corrected chi connectivity index (χ2v) is 8.17. The quantitative estimate of drug-likeness (QED) is 0.438. The number of anilines is 2. The Bertz CT molecular complexity index is 1140. The molecule has 0 bridgehead atoms. The smallest absolute Gasteiger partial charge is 0.289 e. The summed E-state index contributed by atoms with van der Waals surface area (Å²) in [6.45, 7) is 3.40. The highest BCUT2D eigenvalue weighted by atomic mass is 35.5. The fraction of sp³-hybridized carbons (Fsp3) is 0.261. The van der Waals surface area contributed by atoms with Gasteiger partial charge in [-0.05, 0) is 49.6 Å². The second-order valence-electron chi connectivity index (χ2n) is 7.77. The predicted molar refractivity (Wildman–Crippen MR) is 124 cm³/mol. The summed E-state index contributed by atoms with van der Waals surface area (Å²) in [5.74, 6) is 0.456. The van der Waals surface area contributed by atoms with E-state index in [0.717, 1.165) is 22.6 Å². The number of halogens is 1. The summed E-state index contributed by atoms with van der Waals surface area (Å²) >= 11 is 5.83. The predicted octanol–water partition coefficient (Wildman–Crippen LogP) is 4.87. The van der Waals surface area contributed by atoms with E-state index in [0.29, 0.717) is 31.6 Å². The second kappa shape index (κ2) is 9.32. The molecule has 9 heteroatoms. The van der Waals surface area contributed by atoms with Gasteiger partial charge >= 0.3 is 0 Å². The van der Waals surface area contributed by atoms with E-state index in [4.69, 9.17) is 11.6 Å². The molecule has 1 saturated heterocycles. The fourth-order valence-corrected chi connectivity index (χ4v) is 4.03. The van der Waals surface area contributed by atoms with Crippen LogP contribution in [-0.2, 0) is 4.79 Å². The fourth-order valence-electron chi connectivity index (χ4n) is 3.84. The summed E-state index contributed by atoms with van der Waals surface area (Å²) in [7, 11) is 0. The summed E-state index contributed by atoms with van der Waals surface area (Å²) < 4.78 is 0. The molecule has 8 nitrogen and oxygen atoms in total. The van der Waals surface area contributed by atoms with Crippen molar-refractivity contribution >= 4 is 34.7 Å². The Morgan fingerprint density at radius 2 is 1.88 bits per heavy atom. The number of hydrogen-bond acceptors (Lipinski definition) is 6. The molecule has 4 rings (SSSR count). The van der Waals surface area contributed by atoms with Crippen molar-refractivity contribution < 1.29 is 9.72 Å². The zero-order valence-electron chi connectivity index (χ0n) is 17.5. The number of piperidine rings is 1. The minimum absolute atomic E-state index is 0.0378. The minimum atomic E-state index is -0.568. The van der Waals surface area contributed by atoms with E-state index in [1.165, 1.54) is 12.1 Å². The van der Waals surface area contributed by atoms with Gasteiger partial charge in [-0.2, -0.15) is 0 Å². The van der Waals surface area contributed by atoms with E-state index >= 15 is 0 Å². The molecule has 0 spiro atoms. The van der Waals surface area contributed by atoms with Crippen LogP contribution in [-0.4, -0.2) is 34.1 Å². The molecular formula is C23H22ClN5O3. The molecule has 0 aliphatic carbocycles. The van der Waals surface area contributed by atoms with Crippen molar-refractivity contribution in [3.05, 3.63) is 75.3 Å². The Morgan fingerprint density at radius 3 is 2.53 bits per heavy atom. The van der Waals surface area contributed by atoms with Crippen LogP contribution in [0.3, 0.4) is 0 Å². The minimum Gasteiger partial charge on any atom is -0.355 e. The Morgan fingerprint density at radius 1 is 1.12 bits per heavy atom. The molecule has 0 radical (unpaired) electrons. The number of carbonyl (C=O) groups excluding carboxylic acids is 1. The van der Waals surface area contributed by atoms with E-state index < -0.39 is 4.92 Å². The first-order valence-corrected chi connectivity index (χ1v) is 10.7. The van der Waals surface area contributed by atoms with Crippen LogP contribution in [0.2, 0.25) is 5.02 Å². The Hall–Kier alpha value is -3.52. The van der Waals surface area contributed by atoms with Crippen molar-refractivity contribution in [1.82, 2.24) is 10.2 Å². The number of nitro benzene ring substituents is 1. The number of nitro groups is 1. The maximum atomic E-state index is 12.6. The maximum Gasteiger partial charge on any atom is 0.289 e. The molecule has 0 saturated carbocycles. The highest BCUT2D eigenvalue weighted by Gasteiger charge is 2.26. The number of carbonyl (C=O) groups is 1. The zero-order chi connectivity index (χ0) is 22.7. The highest BCUT2D eigenvalue weighted by molar-refractivity contribution is 6.32. The zero-order valence-corrected chi connectivity index (χ0v) is 18.2. The van der Waals surface area contributed by atoms with Crippen molar-refractivity contribution in [3.8, 4) is 11.3 Å². The van der Waals surface area contributed by atoms with E-state index in [9.17, 15) is 14.9 Å². The Labute approximate surface area is 190 Å². The summed E-state index contributed by atoms with van der Waals surface area (Å²) in [4.78, 5) is 25.2. The first-order chi connectivity index (χ1) is 15.4. The van der Waals surface area contributed by atoms with Crippen LogP contribution in [0.5, 0.6) is 0 Å². The number of amides is 1. The van der Waals surface area contributed by atoms with E-state index in [1.54, 1.807) is 6.07 Å². The third-order valence-corrected chi connectivity index (χ3v) is 5.99. The third kappa shape index (κ3) is 4.70. The molecule has 1 fully saturated rings. The van der Waals surface area contributed by atoms with Gasteiger partial charge in [0.25, 0.3) is 5.69 Å². The van der Waals surface area contributed by atoms with Gasteiger partial charge in [0.15, 0.2) is 5.82 Å². The van der Waals surface area contributed by atoms with Crippen LogP contribution >= 0.6 is 11.6 Å². The van der Waals surface area contributed by atoms with Crippen LogP contribution in [0.15, 0.2) is 54.6 Å². The van der Waals surface area contributed by atoms with E-state index in [1.807, 2.05) is 43.3 Å². The largest absolute Gasteiger partial charge is 0.355 e. The number of nitrogens with zero attached hydrogens (tertiary/aromatic N) is 4. The van der Waals surface area contributed by atoms with E-state index in [-0.39, 0.29) is 22.5 Å². The average molecular weight is 452 g/mol. The van der Waals surface area contributed by atoms with Crippen LogP contribution in [0.25, 0.3) is 11.3 Å². The summed E-state index contributed by atoms with van der Waals surface area (Å²) in [6, 6.07) is 16.2. The molecule has 2 aromatic carbocycles. The van der Waals surface area contributed by atoms with Gasteiger partial charge in [-0.25, -0.2) is 0 Å². The van der Waals surface area contributed by atoms with Gasteiger partial charge in [0.1, 0.15) is 5.02 Å². The molecular weight excluding hydrogens is 430 g/mol. The highest BCUT2D eigenvalue weighted by Crippen LogP contribution is 2.29. The van der Waals surface area contributed by atoms with Crippen molar-refractivity contribution in [2.45, 2.75) is 19.8 Å². The summed E-state index contributed by atoms with van der Waals surface area (Å²) in [5, 5.41) is 22.6. The molecule has 1 aliphatic heterocycles. The summed E-state index contributed by atoms with van der Waals surface area (Å²) in [5.41, 5.74) is 3.17. The lowest BCUT2D eigenvalue weighted by Gasteiger charge is -2.31. The molecule has 0 unspecified atom stereocenters. The number of benzene rings is 2. The van der Waals surface area contributed by atoms with Gasteiger partial charge in [0, 0.05) is 36.3 Å². The van der Waals surface area contributed by atoms with Crippen LogP contribution in [0.4, 0.5) is 17.2 Å². The number of nitrogens with one attached hydrogen (secondary N) is 1. The lowest BCUT2D eigenvalue weighted by atomic mass is 9.95. The van der Waals surface area contributed by atoms with Gasteiger partial charge in [0.05, 0.1) is 10.6 Å². The standard InChI is InChI=1S/C23H22ClN5O3/c1-15-4-2-3-5-18(15)20-8-9-22(27-26-20)28-12-10-16(11-13-28)23(30)25-17-6-7-19(24)21(14-17)29(31)32/h2-9,14,16H,10-13H2,1H3,(H,25,30). The average Bonchev–Trinajstić information content (AvgIpc) is 2.81. The molecule has 1 aromatic heterocycles. The van der Waals surface area contributed by atoms with Crippen LogP contribution in [0, 0.1) is 23.0 Å². The van der Waals surface area contributed by atoms with Crippen molar-refractivity contribution in [2.24, 2.45) is 5.92 Å². The molecule has 0 atom stereocenters. The van der Waals surface area contributed by atoms with E-state index in [2.05, 4.69) is 20.4 Å². The van der Waals surface area contributed by atoms with Gasteiger partial charge in [-0.3, -0.25) is 14.9 Å². The topological polar surface area (TPSA) is 101 Å². The molecule has 164 valence electrons. The SMILES string of the molecule is Cc1ccccc1-c1ccc(N2CCC(C(=O)Nc3ccc(Cl)c([N+](=O)[O-])c3)CC2)nn1. The first-order valence-electron chi connectivity index (χ1n) is 10.3. The number of aryl methyl sites for hydroxylation is 1. The first kappa shape index (κ1) is 21.7. The lowest BCUT2D eigenvalue weighted by molar-refractivity contribution is -0.384. The molecule has 1 N–H and O–H groups in total. The van der Waals surface area contributed by atoms with Crippen LogP contribution in [0.1, 0.15) is 18.4 Å². The van der Waals surface area contributed by atoms with Crippen LogP contribution < -0.4 is 10.2 Å². The van der Waals surface area contributed by atoms with Gasteiger partial charge in [0.2, 0.25) is 5.91 Å². The molecule has 2 heterocycles. The lowest BCUT2D eigenvalue weighted by Crippen LogP contribution is -2.38. The Balaban J connectivity index is 1.36. The molecule has 1 amide bonds. The van der Waals surface area contributed by atoms with Crippen molar-refractivity contribution in [3.63, 3.8) is 0 Å². The number of rotatable bonds is 5. The van der Waals surface area contributed by atoms with Gasteiger partial charge in [-0.15, -0.1) is 10.2 Å². The van der Waals surface area contributed by atoms with Crippen molar-refractivity contribution in [2.75, 3.05) is 23.3 Å². The van der Waals surface area contributed by atoms with Crippen molar-refractivity contribution in [1.29, 1.82) is 0 Å². The monoisotopic (exact) mass is 451 g/mol. The number of hydrogen-bond donors (Lipinski definition) is 1. The van der Waals surface area contributed by atoms with Gasteiger partial charge < -0.3 is 10.2 Å². The summed E-state index contributed by atoms with van der Waals surface area (Å²) in [6.07, 6.45) is 1.31. The third-order valence-electron chi connectivity index (χ3n) is 5.67. The van der Waals surface area contributed by atoms with Gasteiger partial charge in [-0.1, -0.05) is 35.9 Å². The maximum absolute atomic E-state index is 12.6. The molecule has 3 aromatic rings.